The maximum atomic E-state index is 12.0. The Labute approximate surface area is 100 Å². The van der Waals surface area contributed by atoms with Crippen molar-refractivity contribution in [2.24, 2.45) is 0 Å². The van der Waals surface area contributed by atoms with Gasteiger partial charge in [-0.25, -0.2) is 5.06 Å². The van der Waals surface area contributed by atoms with Gasteiger partial charge in [-0.15, -0.1) is 0 Å². The van der Waals surface area contributed by atoms with Crippen LogP contribution >= 0.6 is 0 Å². The van der Waals surface area contributed by atoms with Gasteiger partial charge in [-0.3, -0.25) is 14.4 Å². The van der Waals surface area contributed by atoms with E-state index in [4.69, 9.17) is 4.84 Å². The molecule has 5 nitrogen and oxygen atoms in total. The SMILES string of the molecule is CCON(CC(=O)NC)C(=O)c1ccccc1. The smallest absolute Gasteiger partial charge is 0.277 e. The second-order valence-corrected chi connectivity index (χ2v) is 3.30. The topological polar surface area (TPSA) is 58.6 Å². The highest BCUT2D eigenvalue weighted by atomic mass is 16.7. The molecule has 0 aromatic heterocycles. The molecule has 1 N–H and O–H groups in total. The van der Waals surface area contributed by atoms with Crippen molar-refractivity contribution in [3.8, 4) is 0 Å². The normalized spacial score (nSPS) is 9.76. The monoisotopic (exact) mass is 236 g/mol. The third kappa shape index (κ3) is 3.88. The fourth-order valence-corrected chi connectivity index (χ4v) is 1.27. The summed E-state index contributed by atoms with van der Waals surface area (Å²) in [6.07, 6.45) is 0. The minimum atomic E-state index is -0.323. The molecule has 0 unspecified atom stereocenters. The van der Waals surface area contributed by atoms with Gasteiger partial charge in [-0.05, 0) is 19.1 Å². The molecule has 0 aliphatic rings. The molecular weight excluding hydrogens is 220 g/mol. The summed E-state index contributed by atoms with van der Waals surface area (Å²) in [5, 5.41) is 3.51. The summed E-state index contributed by atoms with van der Waals surface area (Å²) in [5.41, 5.74) is 0.491. The van der Waals surface area contributed by atoms with Crippen LogP contribution in [0, 0.1) is 0 Å². The number of amides is 2. The summed E-state index contributed by atoms with van der Waals surface area (Å²) < 4.78 is 0. The van der Waals surface area contributed by atoms with Gasteiger partial charge in [-0.1, -0.05) is 18.2 Å². The van der Waals surface area contributed by atoms with Crippen LogP contribution in [0.25, 0.3) is 0 Å². The van der Waals surface area contributed by atoms with Gasteiger partial charge in [0, 0.05) is 12.6 Å². The van der Waals surface area contributed by atoms with Crippen molar-refractivity contribution in [2.45, 2.75) is 6.92 Å². The first-order valence-corrected chi connectivity index (χ1v) is 5.39. The molecule has 1 rings (SSSR count). The zero-order valence-corrected chi connectivity index (χ0v) is 9.97. The molecule has 0 bridgehead atoms. The van der Waals surface area contributed by atoms with E-state index in [0.717, 1.165) is 5.06 Å². The Kier molecular flexibility index (Phi) is 5.16. The maximum absolute atomic E-state index is 12.0. The molecule has 2 amide bonds. The number of rotatable bonds is 5. The van der Waals surface area contributed by atoms with E-state index in [0.29, 0.717) is 12.2 Å². The number of nitrogens with one attached hydrogen (secondary N) is 1. The van der Waals surface area contributed by atoms with Crippen molar-refractivity contribution >= 4 is 11.8 Å². The van der Waals surface area contributed by atoms with E-state index in [1.165, 1.54) is 7.05 Å². The molecule has 0 heterocycles. The molecule has 0 fully saturated rings. The number of hydrogen-bond donors (Lipinski definition) is 1. The quantitative estimate of drug-likeness (QED) is 0.770. The van der Waals surface area contributed by atoms with Crippen LogP contribution in [0.3, 0.4) is 0 Å². The Morgan fingerprint density at radius 1 is 1.29 bits per heavy atom. The Bertz CT molecular complexity index is 379. The Balaban J connectivity index is 2.77. The first-order valence-electron chi connectivity index (χ1n) is 5.39. The third-order valence-electron chi connectivity index (χ3n) is 2.10. The minimum absolute atomic E-state index is 0.113. The summed E-state index contributed by atoms with van der Waals surface area (Å²) >= 11 is 0. The van der Waals surface area contributed by atoms with Gasteiger partial charge in [0.1, 0.15) is 6.54 Å². The van der Waals surface area contributed by atoms with Crippen molar-refractivity contribution in [3.05, 3.63) is 35.9 Å². The van der Waals surface area contributed by atoms with Crippen LogP contribution in [0.2, 0.25) is 0 Å². The molecule has 1 aromatic carbocycles. The van der Waals surface area contributed by atoms with Crippen molar-refractivity contribution in [3.63, 3.8) is 0 Å². The molecule has 17 heavy (non-hydrogen) atoms. The predicted octanol–water partition coefficient (Wildman–Crippen LogP) is 0.826. The third-order valence-corrected chi connectivity index (χ3v) is 2.10. The molecule has 1 aromatic rings. The fraction of sp³-hybridized carbons (Fsp3) is 0.333. The van der Waals surface area contributed by atoms with E-state index in [-0.39, 0.29) is 18.4 Å². The highest BCUT2D eigenvalue weighted by Gasteiger charge is 2.18. The zero-order valence-electron chi connectivity index (χ0n) is 9.97. The average molecular weight is 236 g/mol. The molecule has 0 aliphatic carbocycles. The average Bonchev–Trinajstić information content (AvgIpc) is 2.38. The summed E-state index contributed by atoms with van der Waals surface area (Å²) in [5.74, 6) is -0.598. The second kappa shape index (κ2) is 6.65. The Morgan fingerprint density at radius 2 is 1.94 bits per heavy atom. The lowest BCUT2D eigenvalue weighted by atomic mass is 10.2. The van der Waals surface area contributed by atoms with E-state index >= 15 is 0 Å². The van der Waals surface area contributed by atoms with Gasteiger partial charge in [0.25, 0.3) is 5.91 Å². The zero-order chi connectivity index (χ0) is 12.7. The van der Waals surface area contributed by atoms with Crippen molar-refractivity contribution in [2.75, 3.05) is 20.2 Å². The van der Waals surface area contributed by atoms with Crippen LogP contribution in [-0.4, -0.2) is 37.1 Å². The molecule has 0 saturated carbocycles. The van der Waals surface area contributed by atoms with Gasteiger partial charge >= 0.3 is 0 Å². The Hall–Kier alpha value is -1.88. The van der Waals surface area contributed by atoms with Gasteiger partial charge in [0.2, 0.25) is 5.91 Å². The number of carbonyl (C=O) groups excluding carboxylic acids is 2. The molecule has 0 aliphatic heterocycles. The molecular formula is C12H16N2O3. The fourth-order valence-electron chi connectivity index (χ4n) is 1.27. The molecule has 0 radical (unpaired) electrons. The van der Waals surface area contributed by atoms with Crippen LogP contribution in [0.15, 0.2) is 30.3 Å². The van der Waals surface area contributed by atoms with Crippen LogP contribution in [0.1, 0.15) is 17.3 Å². The van der Waals surface area contributed by atoms with E-state index in [1.807, 2.05) is 6.07 Å². The molecule has 0 saturated heterocycles. The van der Waals surface area contributed by atoms with Crippen molar-refractivity contribution in [1.29, 1.82) is 0 Å². The summed E-state index contributed by atoms with van der Waals surface area (Å²) in [4.78, 5) is 28.4. The minimum Gasteiger partial charge on any atom is -0.358 e. The highest BCUT2D eigenvalue weighted by molar-refractivity contribution is 5.95. The number of carbonyl (C=O) groups is 2. The highest BCUT2D eigenvalue weighted by Crippen LogP contribution is 2.05. The summed E-state index contributed by atoms with van der Waals surface area (Å²) in [6.45, 7) is 1.97. The summed E-state index contributed by atoms with van der Waals surface area (Å²) in [6, 6.07) is 8.70. The lowest BCUT2D eigenvalue weighted by Gasteiger charge is -2.20. The van der Waals surface area contributed by atoms with E-state index in [2.05, 4.69) is 5.32 Å². The molecule has 0 spiro atoms. The van der Waals surface area contributed by atoms with Gasteiger partial charge < -0.3 is 5.32 Å². The van der Waals surface area contributed by atoms with Crippen molar-refractivity contribution < 1.29 is 14.4 Å². The number of hydroxylamine groups is 2. The van der Waals surface area contributed by atoms with Crippen LogP contribution in [-0.2, 0) is 9.63 Å². The maximum Gasteiger partial charge on any atom is 0.277 e. The number of benzene rings is 1. The van der Waals surface area contributed by atoms with E-state index in [9.17, 15) is 9.59 Å². The van der Waals surface area contributed by atoms with E-state index < -0.39 is 0 Å². The van der Waals surface area contributed by atoms with Crippen LogP contribution in [0.4, 0.5) is 0 Å². The number of hydrogen-bond acceptors (Lipinski definition) is 3. The molecule has 92 valence electrons. The lowest BCUT2D eigenvalue weighted by molar-refractivity contribution is -0.143. The number of nitrogens with zero attached hydrogens (tertiary/aromatic N) is 1. The molecule has 5 heteroatoms. The van der Waals surface area contributed by atoms with E-state index in [1.54, 1.807) is 31.2 Å². The first kappa shape index (κ1) is 13.2. The largest absolute Gasteiger partial charge is 0.358 e. The van der Waals surface area contributed by atoms with Gasteiger partial charge in [0.05, 0.1) is 6.61 Å². The van der Waals surface area contributed by atoms with Crippen molar-refractivity contribution in [1.82, 2.24) is 10.4 Å². The standard InChI is InChI=1S/C12H16N2O3/c1-3-17-14(9-11(15)13-2)12(16)10-7-5-4-6-8-10/h4-8H,3,9H2,1-2H3,(H,13,15). The van der Waals surface area contributed by atoms with Crippen LogP contribution < -0.4 is 5.32 Å². The second-order valence-electron chi connectivity index (χ2n) is 3.30. The van der Waals surface area contributed by atoms with Crippen LogP contribution in [0.5, 0.6) is 0 Å². The first-order chi connectivity index (χ1) is 8.19. The lowest BCUT2D eigenvalue weighted by Crippen LogP contribution is -2.39. The Morgan fingerprint density at radius 3 is 2.47 bits per heavy atom. The number of likely N-dealkylation sites (N-methyl/N-ethyl adjacent to an activating group) is 1. The predicted molar refractivity (Wildman–Crippen MR) is 63.2 cm³/mol. The van der Waals surface area contributed by atoms with Gasteiger partial charge in [-0.2, -0.15) is 0 Å². The summed E-state index contributed by atoms with van der Waals surface area (Å²) in [7, 11) is 1.51. The molecule has 0 atom stereocenters. The van der Waals surface area contributed by atoms with Gasteiger partial charge in [0.15, 0.2) is 0 Å².